The Kier molecular flexibility index (Phi) is 5.92. The van der Waals surface area contributed by atoms with E-state index in [4.69, 9.17) is 9.88 Å². The third-order valence-corrected chi connectivity index (χ3v) is 4.89. The zero-order chi connectivity index (χ0) is 14.5. The van der Waals surface area contributed by atoms with Gasteiger partial charge >= 0.3 is 0 Å². The SMILES string of the molecule is COCC(C)CC(=O)NCc1ccc(S(N)(=O)=O)s1. The Morgan fingerprint density at radius 3 is 2.74 bits per heavy atom. The number of amides is 1. The van der Waals surface area contributed by atoms with E-state index in [0.29, 0.717) is 19.6 Å². The van der Waals surface area contributed by atoms with Crippen LogP contribution in [0.5, 0.6) is 0 Å². The van der Waals surface area contributed by atoms with Crippen molar-refractivity contribution >= 4 is 27.3 Å². The van der Waals surface area contributed by atoms with E-state index < -0.39 is 10.0 Å². The summed E-state index contributed by atoms with van der Waals surface area (Å²) in [6.45, 7) is 2.76. The molecular weight excluding hydrogens is 288 g/mol. The van der Waals surface area contributed by atoms with Crippen LogP contribution in [-0.2, 0) is 26.1 Å². The van der Waals surface area contributed by atoms with Gasteiger partial charge in [-0.3, -0.25) is 4.79 Å². The van der Waals surface area contributed by atoms with Crippen molar-refractivity contribution in [1.82, 2.24) is 5.32 Å². The van der Waals surface area contributed by atoms with Crippen LogP contribution >= 0.6 is 11.3 Å². The molecule has 1 rings (SSSR count). The minimum atomic E-state index is -3.66. The van der Waals surface area contributed by atoms with Crippen molar-refractivity contribution in [3.05, 3.63) is 17.0 Å². The van der Waals surface area contributed by atoms with Crippen LogP contribution in [0.4, 0.5) is 0 Å². The second-order valence-electron chi connectivity index (χ2n) is 4.31. The lowest BCUT2D eigenvalue weighted by molar-refractivity contribution is -0.122. The molecule has 1 unspecified atom stereocenters. The Bertz CT molecular complexity index is 525. The Labute approximate surface area is 117 Å². The normalized spacial score (nSPS) is 13.2. The molecule has 6 nitrogen and oxygen atoms in total. The van der Waals surface area contributed by atoms with Crippen molar-refractivity contribution in [2.24, 2.45) is 11.1 Å². The molecule has 8 heteroatoms. The lowest BCUT2D eigenvalue weighted by Crippen LogP contribution is -2.25. The number of carbonyl (C=O) groups excluding carboxylic acids is 1. The molecule has 0 radical (unpaired) electrons. The fourth-order valence-electron chi connectivity index (χ4n) is 1.52. The first-order valence-corrected chi connectivity index (χ1v) is 8.06. The van der Waals surface area contributed by atoms with Crippen molar-refractivity contribution in [3.63, 3.8) is 0 Å². The highest BCUT2D eigenvalue weighted by atomic mass is 32.2. The molecule has 0 bridgehead atoms. The first kappa shape index (κ1) is 16.1. The van der Waals surface area contributed by atoms with E-state index in [9.17, 15) is 13.2 Å². The van der Waals surface area contributed by atoms with E-state index in [-0.39, 0.29) is 16.0 Å². The Morgan fingerprint density at radius 2 is 2.21 bits per heavy atom. The minimum absolute atomic E-state index is 0.0879. The van der Waals surface area contributed by atoms with Crippen LogP contribution in [0.3, 0.4) is 0 Å². The quantitative estimate of drug-likeness (QED) is 0.774. The van der Waals surface area contributed by atoms with Gasteiger partial charge in [-0.2, -0.15) is 0 Å². The molecule has 0 saturated heterocycles. The van der Waals surface area contributed by atoms with Crippen molar-refractivity contribution in [2.45, 2.75) is 24.1 Å². The molecule has 0 spiro atoms. The van der Waals surface area contributed by atoms with Crippen LogP contribution in [0.25, 0.3) is 0 Å². The minimum Gasteiger partial charge on any atom is -0.384 e. The predicted molar refractivity (Wildman–Crippen MR) is 73.2 cm³/mol. The first-order valence-electron chi connectivity index (χ1n) is 5.70. The lowest BCUT2D eigenvalue weighted by Gasteiger charge is -2.09. The third kappa shape index (κ3) is 5.68. The van der Waals surface area contributed by atoms with E-state index in [2.05, 4.69) is 5.32 Å². The molecule has 0 aromatic carbocycles. The van der Waals surface area contributed by atoms with Crippen molar-refractivity contribution in [3.8, 4) is 0 Å². The molecule has 0 saturated carbocycles. The molecule has 0 fully saturated rings. The van der Waals surface area contributed by atoms with Gasteiger partial charge in [0, 0.05) is 25.0 Å². The van der Waals surface area contributed by atoms with E-state index >= 15 is 0 Å². The van der Waals surface area contributed by atoms with E-state index in [0.717, 1.165) is 16.2 Å². The zero-order valence-corrected chi connectivity index (χ0v) is 12.5. The Hall–Kier alpha value is -0.960. The topological polar surface area (TPSA) is 98.5 Å². The average Bonchev–Trinajstić information content (AvgIpc) is 2.74. The Morgan fingerprint density at radius 1 is 1.53 bits per heavy atom. The summed E-state index contributed by atoms with van der Waals surface area (Å²) in [6.07, 6.45) is 0.376. The molecule has 0 aliphatic heterocycles. The highest BCUT2D eigenvalue weighted by Gasteiger charge is 2.12. The number of methoxy groups -OCH3 is 1. The molecule has 1 aromatic rings. The highest BCUT2D eigenvalue weighted by Crippen LogP contribution is 2.20. The molecule has 1 heterocycles. The van der Waals surface area contributed by atoms with E-state index in [1.54, 1.807) is 13.2 Å². The van der Waals surface area contributed by atoms with Crippen molar-refractivity contribution in [2.75, 3.05) is 13.7 Å². The maximum atomic E-state index is 11.6. The lowest BCUT2D eigenvalue weighted by atomic mass is 10.1. The van der Waals surface area contributed by atoms with Gasteiger partial charge in [0.15, 0.2) is 0 Å². The van der Waals surface area contributed by atoms with Crippen LogP contribution < -0.4 is 10.5 Å². The number of primary sulfonamides is 1. The van der Waals surface area contributed by atoms with Crippen LogP contribution in [0.15, 0.2) is 16.3 Å². The summed E-state index contributed by atoms with van der Waals surface area (Å²) < 4.78 is 27.2. The standard InChI is InChI=1S/C11H18N2O4S2/c1-8(7-17-2)5-10(14)13-6-9-3-4-11(18-9)19(12,15)16/h3-4,8H,5-7H2,1-2H3,(H,13,14)(H2,12,15,16). The van der Waals surface area contributed by atoms with Gasteiger partial charge in [0.25, 0.3) is 0 Å². The number of rotatable bonds is 7. The molecule has 19 heavy (non-hydrogen) atoms. The molecule has 1 atom stereocenters. The summed E-state index contributed by atoms with van der Waals surface area (Å²) in [5, 5.41) is 7.74. The predicted octanol–water partition coefficient (Wildman–Crippen LogP) is 0.684. The van der Waals surface area contributed by atoms with Crippen LogP contribution in [0.2, 0.25) is 0 Å². The number of hydrogen-bond donors (Lipinski definition) is 2. The van der Waals surface area contributed by atoms with Crippen molar-refractivity contribution < 1.29 is 17.9 Å². The largest absolute Gasteiger partial charge is 0.384 e. The number of nitrogens with one attached hydrogen (secondary N) is 1. The van der Waals surface area contributed by atoms with Crippen LogP contribution in [0, 0.1) is 5.92 Å². The molecule has 3 N–H and O–H groups in total. The number of carbonyl (C=O) groups is 1. The van der Waals surface area contributed by atoms with Gasteiger partial charge in [-0.25, -0.2) is 13.6 Å². The van der Waals surface area contributed by atoms with Crippen LogP contribution in [-0.4, -0.2) is 28.0 Å². The maximum Gasteiger partial charge on any atom is 0.247 e. The highest BCUT2D eigenvalue weighted by molar-refractivity contribution is 7.91. The van der Waals surface area contributed by atoms with Gasteiger partial charge in [-0.15, -0.1) is 11.3 Å². The number of thiophene rings is 1. The van der Waals surface area contributed by atoms with Crippen molar-refractivity contribution in [1.29, 1.82) is 0 Å². The molecule has 1 amide bonds. The monoisotopic (exact) mass is 306 g/mol. The summed E-state index contributed by atoms with van der Waals surface area (Å²) in [7, 11) is -2.07. The van der Waals surface area contributed by atoms with Gasteiger partial charge in [0.2, 0.25) is 15.9 Å². The second kappa shape index (κ2) is 6.99. The number of sulfonamides is 1. The number of ether oxygens (including phenoxy) is 1. The summed E-state index contributed by atoms with van der Waals surface area (Å²) >= 11 is 1.06. The fraction of sp³-hybridized carbons (Fsp3) is 0.545. The number of nitrogens with two attached hydrogens (primary N) is 1. The van der Waals surface area contributed by atoms with Gasteiger partial charge in [0.05, 0.1) is 6.54 Å². The van der Waals surface area contributed by atoms with Crippen LogP contribution in [0.1, 0.15) is 18.2 Å². The Balaban J connectivity index is 2.45. The van der Waals surface area contributed by atoms with Gasteiger partial charge < -0.3 is 10.1 Å². The molecule has 0 aliphatic carbocycles. The number of hydrogen-bond acceptors (Lipinski definition) is 5. The van der Waals surface area contributed by atoms with Gasteiger partial charge in [0.1, 0.15) is 4.21 Å². The summed E-state index contributed by atoms with van der Waals surface area (Å²) in [4.78, 5) is 12.3. The second-order valence-corrected chi connectivity index (χ2v) is 7.26. The van der Waals surface area contributed by atoms with E-state index in [1.807, 2.05) is 6.92 Å². The van der Waals surface area contributed by atoms with Gasteiger partial charge in [-0.05, 0) is 18.1 Å². The zero-order valence-electron chi connectivity index (χ0n) is 10.9. The first-order chi connectivity index (χ1) is 8.82. The fourth-order valence-corrected chi connectivity index (χ4v) is 3.24. The van der Waals surface area contributed by atoms with E-state index in [1.165, 1.54) is 6.07 Å². The molecule has 0 aliphatic rings. The maximum absolute atomic E-state index is 11.6. The third-order valence-electron chi connectivity index (χ3n) is 2.36. The molecule has 108 valence electrons. The average molecular weight is 306 g/mol. The summed E-state index contributed by atoms with van der Waals surface area (Å²) in [5.41, 5.74) is 0. The summed E-state index contributed by atoms with van der Waals surface area (Å²) in [5.74, 6) is 0.0587. The molecule has 1 aromatic heterocycles. The van der Waals surface area contributed by atoms with Gasteiger partial charge in [-0.1, -0.05) is 6.92 Å². The smallest absolute Gasteiger partial charge is 0.247 e. The molecular formula is C11H18N2O4S2. The summed E-state index contributed by atoms with van der Waals surface area (Å²) in [6, 6.07) is 3.08.